The van der Waals surface area contributed by atoms with Gasteiger partial charge in [0.05, 0.1) is 0 Å². The van der Waals surface area contributed by atoms with E-state index in [1.807, 2.05) is 38.1 Å². The van der Waals surface area contributed by atoms with E-state index in [1.54, 1.807) is 11.6 Å². The third-order valence-electron chi connectivity index (χ3n) is 2.77. The zero-order valence-corrected chi connectivity index (χ0v) is 12.5. The molecule has 1 heterocycles. The van der Waals surface area contributed by atoms with Crippen molar-refractivity contribution in [2.24, 2.45) is 0 Å². The maximum Gasteiger partial charge on any atom is 0.267 e. The van der Waals surface area contributed by atoms with E-state index in [0.29, 0.717) is 10.8 Å². The molecule has 0 saturated heterocycles. The Kier molecular flexibility index (Phi) is 4.69. The maximum atomic E-state index is 12.1. The first-order valence-electron chi connectivity index (χ1n) is 6.25. The van der Waals surface area contributed by atoms with Gasteiger partial charge in [0.15, 0.2) is 5.13 Å². The Morgan fingerprint density at radius 3 is 2.86 bits per heavy atom. The van der Waals surface area contributed by atoms with Crippen LogP contribution in [0.5, 0.6) is 0 Å². The van der Waals surface area contributed by atoms with Gasteiger partial charge in [-0.1, -0.05) is 17.7 Å². The molecular weight excluding hydrogens is 284 g/mol. The van der Waals surface area contributed by atoms with Crippen molar-refractivity contribution in [1.29, 1.82) is 5.26 Å². The molecule has 0 unspecified atom stereocenters. The van der Waals surface area contributed by atoms with Crippen LogP contribution < -0.4 is 10.6 Å². The van der Waals surface area contributed by atoms with E-state index in [4.69, 9.17) is 5.26 Å². The molecule has 2 aromatic rings. The maximum absolute atomic E-state index is 12.1. The highest BCUT2D eigenvalue weighted by Crippen LogP contribution is 2.17. The Labute approximate surface area is 127 Å². The van der Waals surface area contributed by atoms with Gasteiger partial charge in [0, 0.05) is 23.5 Å². The van der Waals surface area contributed by atoms with Gasteiger partial charge in [0.25, 0.3) is 5.91 Å². The molecule has 2 rings (SSSR count). The predicted molar refractivity (Wildman–Crippen MR) is 84.0 cm³/mol. The van der Waals surface area contributed by atoms with Crippen LogP contribution in [-0.2, 0) is 4.79 Å². The zero-order valence-electron chi connectivity index (χ0n) is 11.7. The first-order valence-corrected chi connectivity index (χ1v) is 7.13. The molecule has 0 aliphatic heterocycles. The number of carbonyl (C=O) groups excluding carboxylic acids is 1. The second kappa shape index (κ2) is 6.68. The average Bonchev–Trinajstić information content (AvgIpc) is 2.96. The van der Waals surface area contributed by atoms with Crippen molar-refractivity contribution < 1.29 is 4.79 Å². The van der Waals surface area contributed by atoms with Gasteiger partial charge in [0.2, 0.25) is 0 Å². The molecule has 0 radical (unpaired) electrons. The number of hydrogen-bond acceptors (Lipinski definition) is 5. The minimum atomic E-state index is -0.450. The molecule has 5 nitrogen and oxygen atoms in total. The van der Waals surface area contributed by atoms with E-state index in [0.717, 1.165) is 11.1 Å². The number of thiazole rings is 1. The number of carbonyl (C=O) groups is 1. The predicted octanol–water partition coefficient (Wildman–Crippen LogP) is 3.22. The first kappa shape index (κ1) is 14.8. The number of nitrogens with zero attached hydrogens (tertiary/aromatic N) is 2. The third-order valence-corrected chi connectivity index (χ3v) is 3.47. The lowest BCUT2D eigenvalue weighted by atomic mass is 10.1. The van der Waals surface area contributed by atoms with E-state index in [-0.39, 0.29) is 5.57 Å². The van der Waals surface area contributed by atoms with E-state index in [2.05, 4.69) is 15.6 Å². The summed E-state index contributed by atoms with van der Waals surface area (Å²) in [5, 5.41) is 17.1. The largest absolute Gasteiger partial charge is 0.337 e. The molecule has 0 bridgehead atoms. The van der Waals surface area contributed by atoms with Crippen molar-refractivity contribution in [1.82, 2.24) is 4.98 Å². The fourth-order valence-electron chi connectivity index (χ4n) is 1.72. The van der Waals surface area contributed by atoms with Gasteiger partial charge in [-0.05, 0) is 25.5 Å². The number of benzene rings is 1. The van der Waals surface area contributed by atoms with Gasteiger partial charge in [-0.25, -0.2) is 4.98 Å². The Morgan fingerprint density at radius 2 is 2.24 bits per heavy atom. The van der Waals surface area contributed by atoms with Crippen molar-refractivity contribution in [3.63, 3.8) is 0 Å². The Balaban J connectivity index is 2.10. The zero-order chi connectivity index (χ0) is 15.2. The van der Waals surface area contributed by atoms with Gasteiger partial charge >= 0.3 is 0 Å². The summed E-state index contributed by atoms with van der Waals surface area (Å²) in [5.41, 5.74) is 2.76. The number of hydrogen-bond donors (Lipinski definition) is 2. The summed E-state index contributed by atoms with van der Waals surface area (Å²) in [7, 11) is 0. The lowest BCUT2D eigenvalue weighted by Gasteiger charge is -2.08. The Hall–Kier alpha value is -2.65. The second-order valence-corrected chi connectivity index (χ2v) is 5.32. The number of anilines is 2. The number of amides is 1. The summed E-state index contributed by atoms with van der Waals surface area (Å²) >= 11 is 1.39. The normalized spacial score (nSPS) is 10.8. The van der Waals surface area contributed by atoms with Crippen molar-refractivity contribution in [2.75, 3.05) is 10.6 Å². The number of rotatable bonds is 4. The van der Waals surface area contributed by atoms with Crippen molar-refractivity contribution >= 4 is 28.1 Å². The average molecular weight is 298 g/mol. The fraction of sp³-hybridized carbons (Fsp3) is 0.133. The molecule has 0 spiro atoms. The highest BCUT2D eigenvalue weighted by molar-refractivity contribution is 7.13. The summed E-state index contributed by atoms with van der Waals surface area (Å²) < 4.78 is 0. The summed E-state index contributed by atoms with van der Waals surface area (Å²) in [6, 6.07) is 7.58. The monoisotopic (exact) mass is 298 g/mol. The van der Waals surface area contributed by atoms with Crippen LogP contribution >= 0.6 is 11.3 Å². The number of aromatic nitrogens is 1. The van der Waals surface area contributed by atoms with E-state index < -0.39 is 5.91 Å². The van der Waals surface area contributed by atoms with Crippen LogP contribution in [0.4, 0.5) is 10.8 Å². The second-order valence-electron chi connectivity index (χ2n) is 4.42. The summed E-state index contributed by atoms with van der Waals surface area (Å²) in [6.45, 7) is 3.89. The van der Waals surface area contributed by atoms with E-state index in [9.17, 15) is 4.79 Å². The highest BCUT2D eigenvalue weighted by Gasteiger charge is 2.10. The fourth-order valence-corrected chi connectivity index (χ4v) is 2.22. The molecular formula is C15H14N4OS. The van der Waals surface area contributed by atoms with Gasteiger partial charge in [0.1, 0.15) is 11.6 Å². The molecule has 0 atom stereocenters. The quantitative estimate of drug-likeness (QED) is 0.671. The molecule has 2 N–H and O–H groups in total. The number of aryl methyl sites for hydroxylation is 2. The summed E-state index contributed by atoms with van der Waals surface area (Å²) in [4.78, 5) is 16.1. The smallest absolute Gasteiger partial charge is 0.267 e. The first-order chi connectivity index (χ1) is 10.1. The number of nitrogens with one attached hydrogen (secondary N) is 2. The summed E-state index contributed by atoms with van der Waals surface area (Å²) in [6.07, 6.45) is 3.00. The minimum absolute atomic E-state index is 0.00910. The van der Waals surface area contributed by atoms with Crippen LogP contribution in [0, 0.1) is 25.2 Å². The molecule has 1 amide bonds. The molecule has 0 aliphatic carbocycles. The van der Waals surface area contributed by atoms with Gasteiger partial charge in [-0.2, -0.15) is 5.26 Å². The Morgan fingerprint density at radius 1 is 1.43 bits per heavy atom. The summed E-state index contributed by atoms with van der Waals surface area (Å²) in [5.74, 6) is -0.450. The van der Waals surface area contributed by atoms with Crippen LogP contribution in [0.25, 0.3) is 0 Å². The van der Waals surface area contributed by atoms with Crippen LogP contribution in [0.2, 0.25) is 0 Å². The minimum Gasteiger partial charge on any atom is -0.337 e. The molecule has 21 heavy (non-hydrogen) atoms. The van der Waals surface area contributed by atoms with Crippen LogP contribution in [-0.4, -0.2) is 10.9 Å². The van der Waals surface area contributed by atoms with Gasteiger partial charge in [-0.15, -0.1) is 11.3 Å². The van der Waals surface area contributed by atoms with E-state index in [1.165, 1.54) is 17.5 Å². The molecule has 1 aromatic carbocycles. The molecule has 6 heteroatoms. The van der Waals surface area contributed by atoms with Crippen molar-refractivity contribution in [3.05, 3.63) is 52.7 Å². The standard InChI is InChI=1S/C15H14N4OS/c1-10-3-4-13(11(2)7-10)19-14(20)12(8-16)9-18-15-17-5-6-21-15/h3-7,9H,1-2H3,(H,17,18)(H,19,20)/b12-9-. The molecule has 0 aliphatic rings. The van der Waals surface area contributed by atoms with Crippen molar-refractivity contribution in [3.8, 4) is 6.07 Å². The lowest BCUT2D eigenvalue weighted by molar-refractivity contribution is -0.112. The van der Waals surface area contributed by atoms with E-state index >= 15 is 0 Å². The Bertz CT molecular complexity index is 714. The highest BCUT2D eigenvalue weighted by atomic mass is 32.1. The molecule has 0 fully saturated rings. The van der Waals surface area contributed by atoms with Gasteiger partial charge < -0.3 is 10.6 Å². The van der Waals surface area contributed by atoms with Crippen molar-refractivity contribution in [2.45, 2.75) is 13.8 Å². The van der Waals surface area contributed by atoms with Gasteiger partial charge in [-0.3, -0.25) is 4.79 Å². The van der Waals surface area contributed by atoms with Crippen LogP contribution in [0.1, 0.15) is 11.1 Å². The lowest BCUT2D eigenvalue weighted by Crippen LogP contribution is -2.15. The number of nitriles is 1. The third kappa shape index (κ3) is 3.91. The molecule has 106 valence electrons. The van der Waals surface area contributed by atoms with Crippen LogP contribution in [0.3, 0.4) is 0 Å². The molecule has 0 saturated carbocycles. The topological polar surface area (TPSA) is 77.8 Å². The SMILES string of the molecule is Cc1ccc(NC(=O)/C(C#N)=C\Nc2nccs2)c(C)c1. The molecule has 1 aromatic heterocycles. The van der Waals surface area contributed by atoms with Crippen LogP contribution in [0.15, 0.2) is 41.5 Å².